The van der Waals surface area contributed by atoms with Crippen LogP contribution >= 0.6 is 0 Å². The van der Waals surface area contributed by atoms with Crippen LogP contribution in [-0.4, -0.2) is 56.2 Å². The molecule has 1 spiro atoms. The molecule has 0 bridgehead atoms. The number of carbonyl (C=O) groups excluding carboxylic acids is 2. The van der Waals surface area contributed by atoms with Crippen molar-refractivity contribution in [3.05, 3.63) is 46.9 Å². The Bertz CT molecular complexity index is 1140. The largest absolute Gasteiger partial charge is 0.351 e. The van der Waals surface area contributed by atoms with Crippen molar-refractivity contribution in [2.24, 2.45) is 10.7 Å². The fourth-order valence-corrected chi connectivity index (χ4v) is 5.68. The number of primary amides is 1. The Morgan fingerprint density at radius 2 is 1.89 bits per heavy atom. The molecule has 0 radical (unpaired) electrons. The van der Waals surface area contributed by atoms with E-state index in [0.29, 0.717) is 30.8 Å². The number of rotatable bonds is 9. The SMILES string of the molecule is C=CCCCCC1=NC2(CCN(S(=O)(=O)C=Cc3c(C)cc(N(C)C(N)=O)cc3C)CC2)C(=O)N1. The van der Waals surface area contributed by atoms with Crippen LogP contribution in [0.1, 0.15) is 55.2 Å². The molecule has 3 N–H and O–H groups in total. The molecule has 1 aromatic carbocycles. The zero-order chi connectivity index (χ0) is 25.8. The Kier molecular flexibility index (Phi) is 8.17. The van der Waals surface area contributed by atoms with Gasteiger partial charge in [-0.3, -0.25) is 14.7 Å². The van der Waals surface area contributed by atoms with E-state index in [1.807, 2.05) is 19.9 Å². The monoisotopic (exact) mass is 501 g/mol. The summed E-state index contributed by atoms with van der Waals surface area (Å²) in [4.78, 5) is 30.1. The van der Waals surface area contributed by atoms with Crippen LogP contribution in [0, 0.1) is 13.8 Å². The van der Waals surface area contributed by atoms with Crippen molar-refractivity contribution >= 4 is 39.6 Å². The van der Waals surface area contributed by atoms with Crippen LogP contribution in [0.3, 0.4) is 0 Å². The zero-order valence-electron chi connectivity index (χ0n) is 20.7. The highest BCUT2D eigenvalue weighted by Crippen LogP contribution is 2.32. The van der Waals surface area contributed by atoms with Crippen LogP contribution in [0.15, 0.2) is 35.2 Å². The molecule has 190 valence electrons. The molecule has 10 heteroatoms. The predicted octanol–water partition coefficient (Wildman–Crippen LogP) is 3.23. The molecule has 2 heterocycles. The topological polar surface area (TPSA) is 125 Å². The molecule has 1 aromatic rings. The van der Waals surface area contributed by atoms with Gasteiger partial charge < -0.3 is 11.1 Å². The lowest BCUT2D eigenvalue weighted by atomic mass is 9.89. The second kappa shape index (κ2) is 10.7. The minimum atomic E-state index is -3.67. The molecule has 0 unspecified atom stereocenters. The van der Waals surface area contributed by atoms with Crippen molar-refractivity contribution in [3.63, 3.8) is 0 Å². The molecule has 0 saturated carbocycles. The highest BCUT2D eigenvalue weighted by atomic mass is 32.2. The molecule has 0 aliphatic carbocycles. The zero-order valence-corrected chi connectivity index (χ0v) is 21.5. The number of benzene rings is 1. The van der Waals surface area contributed by atoms with Crippen molar-refractivity contribution in [3.8, 4) is 0 Å². The lowest BCUT2D eigenvalue weighted by Gasteiger charge is -2.34. The van der Waals surface area contributed by atoms with Gasteiger partial charge in [-0.1, -0.05) is 6.08 Å². The number of amidine groups is 1. The molecular weight excluding hydrogens is 466 g/mol. The molecule has 35 heavy (non-hydrogen) atoms. The van der Waals surface area contributed by atoms with Gasteiger partial charge in [0.2, 0.25) is 10.0 Å². The summed E-state index contributed by atoms with van der Waals surface area (Å²) in [5.74, 6) is 0.572. The van der Waals surface area contributed by atoms with E-state index in [2.05, 4.69) is 16.9 Å². The number of aryl methyl sites for hydroxylation is 2. The number of piperidine rings is 1. The van der Waals surface area contributed by atoms with E-state index >= 15 is 0 Å². The van der Waals surface area contributed by atoms with Gasteiger partial charge in [0.05, 0.1) is 0 Å². The Morgan fingerprint density at radius 3 is 2.46 bits per heavy atom. The number of carbonyl (C=O) groups is 2. The van der Waals surface area contributed by atoms with Crippen molar-refractivity contribution in [2.75, 3.05) is 25.0 Å². The summed E-state index contributed by atoms with van der Waals surface area (Å²) >= 11 is 0. The third kappa shape index (κ3) is 5.99. The summed E-state index contributed by atoms with van der Waals surface area (Å²) in [6.45, 7) is 7.89. The first-order valence-corrected chi connectivity index (χ1v) is 13.3. The fraction of sp³-hybridized carbons (Fsp3) is 0.480. The highest BCUT2D eigenvalue weighted by molar-refractivity contribution is 7.92. The van der Waals surface area contributed by atoms with Crippen LogP contribution in [0.5, 0.6) is 0 Å². The first-order chi connectivity index (χ1) is 16.5. The number of anilines is 1. The van der Waals surface area contributed by atoms with Gasteiger partial charge in [-0.15, -0.1) is 6.58 Å². The highest BCUT2D eigenvalue weighted by Gasteiger charge is 2.46. The van der Waals surface area contributed by atoms with Gasteiger partial charge in [0.15, 0.2) is 0 Å². The summed E-state index contributed by atoms with van der Waals surface area (Å²) < 4.78 is 27.4. The molecule has 0 aromatic heterocycles. The maximum Gasteiger partial charge on any atom is 0.318 e. The summed E-state index contributed by atoms with van der Waals surface area (Å²) in [6, 6.07) is 3.01. The molecule has 1 fully saturated rings. The number of amides is 3. The van der Waals surface area contributed by atoms with Crippen molar-refractivity contribution < 1.29 is 18.0 Å². The molecular formula is C25H35N5O4S. The van der Waals surface area contributed by atoms with Gasteiger partial charge in [-0.2, -0.15) is 4.31 Å². The summed E-state index contributed by atoms with van der Waals surface area (Å²) in [5, 5.41) is 4.10. The molecule has 3 amide bonds. The predicted molar refractivity (Wildman–Crippen MR) is 140 cm³/mol. The van der Waals surface area contributed by atoms with E-state index in [1.165, 1.54) is 14.6 Å². The van der Waals surface area contributed by atoms with Crippen molar-refractivity contribution in [2.45, 2.75) is 57.9 Å². The normalized spacial score (nSPS) is 18.0. The Morgan fingerprint density at radius 1 is 1.26 bits per heavy atom. The van der Waals surface area contributed by atoms with Crippen LogP contribution in [0.25, 0.3) is 6.08 Å². The number of aliphatic imine (C=N–C) groups is 1. The average Bonchev–Trinajstić information content (AvgIpc) is 3.10. The number of hydrogen-bond acceptors (Lipinski definition) is 5. The third-order valence-corrected chi connectivity index (χ3v) is 8.28. The molecule has 2 aliphatic heterocycles. The van der Waals surface area contributed by atoms with E-state index in [4.69, 9.17) is 5.73 Å². The van der Waals surface area contributed by atoms with Crippen LogP contribution in [-0.2, 0) is 14.8 Å². The summed E-state index contributed by atoms with van der Waals surface area (Å²) in [6.07, 6.45) is 7.72. The average molecular weight is 502 g/mol. The van der Waals surface area contributed by atoms with Gasteiger partial charge in [-0.25, -0.2) is 13.2 Å². The van der Waals surface area contributed by atoms with E-state index in [-0.39, 0.29) is 19.0 Å². The molecule has 9 nitrogen and oxygen atoms in total. The van der Waals surface area contributed by atoms with E-state index in [9.17, 15) is 18.0 Å². The molecule has 2 aliphatic rings. The van der Waals surface area contributed by atoms with Crippen molar-refractivity contribution in [1.29, 1.82) is 0 Å². The molecule has 0 atom stereocenters. The van der Waals surface area contributed by atoms with Crippen LogP contribution in [0.2, 0.25) is 0 Å². The Hall–Kier alpha value is -2.98. The second-order valence-corrected chi connectivity index (χ2v) is 11.0. The first kappa shape index (κ1) is 26.6. The van der Waals surface area contributed by atoms with Crippen LogP contribution in [0.4, 0.5) is 10.5 Å². The smallest absolute Gasteiger partial charge is 0.318 e. The van der Waals surface area contributed by atoms with Gasteiger partial charge in [0.1, 0.15) is 11.4 Å². The van der Waals surface area contributed by atoms with E-state index in [0.717, 1.165) is 36.0 Å². The number of hydrogen-bond donors (Lipinski definition) is 2. The number of urea groups is 1. The molecule has 1 saturated heterocycles. The minimum absolute atomic E-state index is 0.129. The number of nitrogens with zero attached hydrogens (tertiary/aromatic N) is 3. The summed E-state index contributed by atoms with van der Waals surface area (Å²) in [5.41, 5.74) is 7.55. The number of sulfonamides is 1. The maximum atomic E-state index is 13.0. The lowest BCUT2D eigenvalue weighted by molar-refractivity contribution is -0.124. The maximum absolute atomic E-state index is 13.0. The van der Waals surface area contributed by atoms with E-state index < -0.39 is 21.6 Å². The molecule has 3 rings (SSSR count). The van der Waals surface area contributed by atoms with Gasteiger partial charge in [0.25, 0.3) is 5.91 Å². The number of nitrogens with two attached hydrogens (primary N) is 1. The number of allylic oxidation sites excluding steroid dienone is 1. The standard InChI is InChI=1S/C25H35N5O4S/c1-5-6-7-8-9-22-27-23(31)25(28-22)11-13-30(14-12-25)35(33,34)15-10-21-18(2)16-20(17-19(21)3)29(4)24(26)32/h5,10,15-17H,1,6-9,11-14H2,2-4H3,(H2,26,32)(H,27,28,31). The van der Waals surface area contributed by atoms with Gasteiger partial charge in [0, 0.05) is 37.7 Å². The lowest BCUT2D eigenvalue weighted by Crippen LogP contribution is -2.50. The van der Waals surface area contributed by atoms with Crippen molar-refractivity contribution in [1.82, 2.24) is 9.62 Å². The first-order valence-electron chi connectivity index (χ1n) is 11.8. The third-order valence-electron chi connectivity index (χ3n) is 6.71. The minimum Gasteiger partial charge on any atom is -0.351 e. The number of nitrogens with one attached hydrogen (secondary N) is 1. The number of unbranched alkanes of at least 4 members (excludes halogenated alkanes) is 2. The Labute approximate surface area is 207 Å². The second-order valence-electron chi connectivity index (χ2n) is 9.22. The van der Waals surface area contributed by atoms with Gasteiger partial charge in [-0.05, 0) is 80.9 Å². The van der Waals surface area contributed by atoms with E-state index in [1.54, 1.807) is 25.3 Å². The fourth-order valence-electron chi connectivity index (χ4n) is 4.51. The van der Waals surface area contributed by atoms with Crippen LogP contribution < -0.4 is 16.0 Å². The Balaban J connectivity index is 1.67. The summed E-state index contributed by atoms with van der Waals surface area (Å²) in [7, 11) is -2.09. The quantitative estimate of drug-likeness (QED) is 0.398. The van der Waals surface area contributed by atoms with Gasteiger partial charge >= 0.3 is 6.03 Å².